The van der Waals surface area contributed by atoms with Crippen LogP contribution in [0.5, 0.6) is 0 Å². The largest absolute Gasteiger partial charge is 0.300 e. The Kier molecular flexibility index (Phi) is 5.52. The van der Waals surface area contributed by atoms with Crippen LogP contribution in [0, 0.1) is 0 Å². The van der Waals surface area contributed by atoms with Gasteiger partial charge in [-0.25, -0.2) is 8.42 Å². The fraction of sp³-hybridized carbons (Fsp3) is 1.00. The summed E-state index contributed by atoms with van der Waals surface area (Å²) in [5.74, 6) is 0.283. The zero-order valence-electron chi connectivity index (χ0n) is 9.15. The molecular weight excluding hydrogens is 280 g/mol. The Morgan fingerprint density at radius 1 is 1.20 bits per heavy atom. The molecule has 0 radical (unpaired) electrons. The monoisotopic (exact) mass is 298 g/mol. The number of nitrogens with zero attached hydrogens (tertiary/aromatic N) is 2. The van der Waals surface area contributed by atoms with E-state index in [0.717, 1.165) is 25.0 Å². The second kappa shape index (κ2) is 6.18. The summed E-state index contributed by atoms with van der Waals surface area (Å²) in [5, 5.41) is 0.953. The fourth-order valence-electron chi connectivity index (χ4n) is 1.74. The van der Waals surface area contributed by atoms with Gasteiger partial charge in [0.05, 0.1) is 5.75 Å². The van der Waals surface area contributed by atoms with Gasteiger partial charge in [-0.3, -0.25) is 4.90 Å². The highest BCUT2D eigenvalue weighted by Gasteiger charge is 2.25. The van der Waals surface area contributed by atoms with Gasteiger partial charge in [0, 0.05) is 38.1 Å². The number of halogens is 1. The number of hydrogen-bond acceptors (Lipinski definition) is 3. The van der Waals surface area contributed by atoms with Crippen LogP contribution in [-0.2, 0) is 10.0 Å². The van der Waals surface area contributed by atoms with Gasteiger partial charge in [0.25, 0.3) is 0 Å². The van der Waals surface area contributed by atoms with Crippen LogP contribution >= 0.6 is 15.9 Å². The molecule has 1 aliphatic heterocycles. The average molecular weight is 299 g/mol. The molecule has 0 spiro atoms. The molecule has 4 nitrogen and oxygen atoms in total. The highest BCUT2D eigenvalue weighted by Crippen LogP contribution is 2.08. The van der Waals surface area contributed by atoms with Crippen molar-refractivity contribution in [2.45, 2.75) is 13.3 Å². The molecule has 1 aliphatic rings. The van der Waals surface area contributed by atoms with Crippen LogP contribution in [0.25, 0.3) is 0 Å². The maximum absolute atomic E-state index is 11.7. The highest BCUT2D eigenvalue weighted by molar-refractivity contribution is 9.09. The van der Waals surface area contributed by atoms with Crippen LogP contribution < -0.4 is 0 Å². The number of alkyl halides is 1. The van der Waals surface area contributed by atoms with Crippen molar-refractivity contribution in [2.75, 3.05) is 43.8 Å². The maximum Gasteiger partial charge on any atom is 0.214 e. The number of sulfonamides is 1. The summed E-state index contributed by atoms with van der Waals surface area (Å²) in [7, 11) is -2.98. The molecule has 0 aromatic rings. The van der Waals surface area contributed by atoms with Crippen molar-refractivity contribution in [3.63, 3.8) is 0 Å². The lowest BCUT2D eigenvalue weighted by Crippen LogP contribution is -2.49. The third-order valence-electron chi connectivity index (χ3n) is 2.59. The van der Waals surface area contributed by atoms with Gasteiger partial charge in [0.1, 0.15) is 0 Å². The van der Waals surface area contributed by atoms with Crippen LogP contribution in [-0.4, -0.2) is 61.4 Å². The molecule has 0 N–H and O–H groups in total. The minimum Gasteiger partial charge on any atom is -0.300 e. The molecule has 0 atom stereocenters. The zero-order valence-corrected chi connectivity index (χ0v) is 11.6. The summed E-state index contributed by atoms with van der Waals surface area (Å²) in [6, 6.07) is 0. The smallest absolute Gasteiger partial charge is 0.214 e. The van der Waals surface area contributed by atoms with E-state index in [1.165, 1.54) is 0 Å². The van der Waals surface area contributed by atoms with E-state index in [-0.39, 0.29) is 5.75 Å². The first kappa shape index (κ1) is 13.4. The van der Waals surface area contributed by atoms with E-state index < -0.39 is 10.0 Å². The maximum atomic E-state index is 11.7. The Balaban J connectivity index is 2.43. The first-order valence-electron chi connectivity index (χ1n) is 5.36. The van der Waals surface area contributed by atoms with Crippen LogP contribution in [0.15, 0.2) is 0 Å². The molecule has 1 rings (SSSR count). The van der Waals surface area contributed by atoms with Gasteiger partial charge in [0.15, 0.2) is 0 Å². The highest BCUT2D eigenvalue weighted by atomic mass is 79.9. The molecule has 0 saturated carbocycles. The zero-order chi connectivity index (χ0) is 11.3. The summed E-state index contributed by atoms with van der Waals surface area (Å²) in [5.41, 5.74) is 0. The Labute approximate surface area is 101 Å². The van der Waals surface area contributed by atoms with Crippen LogP contribution in [0.2, 0.25) is 0 Å². The summed E-state index contributed by atoms with van der Waals surface area (Å²) >= 11 is 3.39. The Hall–Kier alpha value is 0.350. The molecule has 1 saturated heterocycles. The molecular formula is C9H19BrN2O2S. The van der Waals surface area contributed by atoms with E-state index >= 15 is 0 Å². The topological polar surface area (TPSA) is 40.6 Å². The van der Waals surface area contributed by atoms with Gasteiger partial charge in [-0.2, -0.15) is 4.31 Å². The fourth-order valence-corrected chi connectivity index (χ4v) is 3.73. The number of hydrogen-bond donors (Lipinski definition) is 0. The van der Waals surface area contributed by atoms with E-state index in [1.807, 2.05) is 6.92 Å². The SMILES string of the molecule is CCCS(=O)(=O)N1CCN(CCBr)CC1. The van der Waals surface area contributed by atoms with E-state index in [4.69, 9.17) is 0 Å². The quantitative estimate of drug-likeness (QED) is 0.703. The third-order valence-corrected chi connectivity index (χ3v) is 5.02. The standard InChI is InChI=1S/C9H19BrN2O2S/c1-2-9-15(13,14)12-7-5-11(4-3-10)6-8-12/h2-9H2,1H3. The lowest BCUT2D eigenvalue weighted by molar-refractivity contribution is 0.198. The third kappa shape index (κ3) is 4.01. The Bertz CT molecular complexity index is 274. The molecule has 0 aromatic carbocycles. The summed E-state index contributed by atoms with van der Waals surface area (Å²) < 4.78 is 25.1. The average Bonchev–Trinajstić information content (AvgIpc) is 2.19. The second-order valence-corrected chi connectivity index (χ2v) is 6.63. The lowest BCUT2D eigenvalue weighted by Gasteiger charge is -2.33. The normalized spacial score (nSPS) is 20.7. The molecule has 90 valence electrons. The van der Waals surface area contributed by atoms with Crippen molar-refractivity contribution in [3.8, 4) is 0 Å². The summed E-state index contributed by atoms with van der Waals surface area (Å²) in [4.78, 5) is 2.28. The predicted octanol–water partition coefficient (Wildman–Crippen LogP) is 0.739. The predicted molar refractivity (Wildman–Crippen MR) is 65.9 cm³/mol. The van der Waals surface area contributed by atoms with Gasteiger partial charge in [-0.15, -0.1) is 0 Å². The van der Waals surface area contributed by atoms with Crippen molar-refractivity contribution in [3.05, 3.63) is 0 Å². The molecule has 1 heterocycles. The Morgan fingerprint density at radius 2 is 1.80 bits per heavy atom. The van der Waals surface area contributed by atoms with Crippen LogP contribution in [0.4, 0.5) is 0 Å². The van der Waals surface area contributed by atoms with Crippen molar-refractivity contribution in [2.24, 2.45) is 0 Å². The van der Waals surface area contributed by atoms with Gasteiger partial charge in [0.2, 0.25) is 10.0 Å². The first-order chi connectivity index (χ1) is 7.10. The van der Waals surface area contributed by atoms with Crippen molar-refractivity contribution >= 4 is 26.0 Å². The van der Waals surface area contributed by atoms with Gasteiger partial charge in [-0.05, 0) is 6.42 Å². The van der Waals surface area contributed by atoms with Crippen molar-refractivity contribution in [1.82, 2.24) is 9.21 Å². The minimum atomic E-state index is -2.98. The van der Waals surface area contributed by atoms with E-state index in [0.29, 0.717) is 19.5 Å². The first-order valence-corrected chi connectivity index (χ1v) is 8.09. The molecule has 6 heteroatoms. The van der Waals surface area contributed by atoms with Gasteiger partial charge in [-0.1, -0.05) is 22.9 Å². The van der Waals surface area contributed by atoms with Gasteiger partial charge < -0.3 is 0 Å². The van der Waals surface area contributed by atoms with E-state index in [1.54, 1.807) is 4.31 Å². The van der Waals surface area contributed by atoms with Gasteiger partial charge >= 0.3 is 0 Å². The summed E-state index contributed by atoms with van der Waals surface area (Å²) in [6.07, 6.45) is 0.698. The molecule has 0 bridgehead atoms. The lowest BCUT2D eigenvalue weighted by atomic mass is 10.4. The van der Waals surface area contributed by atoms with Crippen LogP contribution in [0.1, 0.15) is 13.3 Å². The number of rotatable bonds is 5. The Morgan fingerprint density at radius 3 is 2.27 bits per heavy atom. The van der Waals surface area contributed by atoms with E-state index in [9.17, 15) is 8.42 Å². The molecule has 1 fully saturated rings. The molecule has 0 amide bonds. The molecule has 0 aromatic heterocycles. The molecule has 15 heavy (non-hydrogen) atoms. The van der Waals surface area contributed by atoms with Crippen LogP contribution in [0.3, 0.4) is 0 Å². The summed E-state index contributed by atoms with van der Waals surface area (Å²) in [6.45, 7) is 5.91. The number of piperazine rings is 1. The second-order valence-electron chi connectivity index (χ2n) is 3.75. The van der Waals surface area contributed by atoms with Crippen molar-refractivity contribution in [1.29, 1.82) is 0 Å². The minimum absolute atomic E-state index is 0.283. The molecule has 0 aliphatic carbocycles. The molecule has 0 unspecified atom stereocenters. The van der Waals surface area contributed by atoms with Crippen molar-refractivity contribution < 1.29 is 8.42 Å². The van der Waals surface area contributed by atoms with E-state index in [2.05, 4.69) is 20.8 Å².